The Hall–Kier alpha value is -0.870. The van der Waals surface area contributed by atoms with Gasteiger partial charge in [-0.15, -0.1) is 0 Å². The molecule has 0 aliphatic carbocycles. The Morgan fingerprint density at radius 3 is 3.14 bits per heavy atom. The molecule has 0 amide bonds. The lowest BCUT2D eigenvalue weighted by Crippen LogP contribution is -2.19. The zero-order valence-corrected chi connectivity index (χ0v) is 9.05. The van der Waals surface area contributed by atoms with Gasteiger partial charge in [-0.1, -0.05) is 6.08 Å². The minimum atomic E-state index is -0.706. The van der Waals surface area contributed by atoms with Crippen molar-refractivity contribution in [3.05, 3.63) is 30.2 Å². The van der Waals surface area contributed by atoms with Gasteiger partial charge in [0.05, 0.1) is 6.26 Å². The molecule has 0 spiro atoms. The fraction of sp³-hybridized carbons (Fsp3) is 0.400. The van der Waals surface area contributed by atoms with Gasteiger partial charge in [0.2, 0.25) is 0 Å². The van der Waals surface area contributed by atoms with Gasteiger partial charge in [-0.2, -0.15) is 0 Å². The molecule has 0 saturated carbocycles. The van der Waals surface area contributed by atoms with E-state index in [1.807, 2.05) is 24.3 Å². The lowest BCUT2D eigenvalue weighted by atomic mass is 10.4. The zero-order valence-electron chi connectivity index (χ0n) is 8.23. The van der Waals surface area contributed by atoms with Gasteiger partial charge in [0.25, 0.3) is 0 Å². The van der Waals surface area contributed by atoms with Gasteiger partial charge in [-0.25, -0.2) is 0 Å². The van der Waals surface area contributed by atoms with Crippen molar-refractivity contribution >= 4 is 16.9 Å². The Bertz CT molecular complexity index is 293. The molecular formula is C10H15NO2S. The number of furan rings is 1. The molecule has 0 radical (unpaired) electrons. The van der Waals surface area contributed by atoms with Crippen LogP contribution in [0.4, 0.5) is 0 Å². The monoisotopic (exact) mass is 213 g/mol. The first-order chi connectivity index (χ1) is 6.79. The normalized spacial score (nSPS) is 13.5. The first-order valence-corrected chi connectivity index (χ1v) is 6.22. The molecule has 78 valence electrons. The molecule has 1 aromatic rings. The van der Waals surface area contributed by atoms with Crippen molar-refractivity contribution < 1.29 is 8.63 Å². The van der Waals surface area contributed by atoms with Crippen LogP contribution in [0.15, 0.2) is 28.9 Å². The van der Waals surface area contributed by atoms with Crippen LogP contribution >= 0.6 is 0 Å². The summed E-state index contributed by atoms with van der Waals surface area (Å²) in [5, 5.41) is 3.16. The summed E-state index contributed by atoms with van der Waals surface area (Å²) in [4.78, 5) is 0. The maximum absolute atomic E-state index is 10.7. The van der Waals surface area contributed by atoms with Gasteiger partial charge < -0.3 is 9.73 Å². The molecule has 4 heteroatoms. The molecule has 1 atom stereocenters. The average molecular weight is 213 g/mol. The summed E-state index contributed by atoms with van der Waals surface area (Å²) in [6.45, 7) is 1.56. The summed E-state index contributed by atoms with van der Waals surface area (Å²) in [5.74, 6) is 1.56. The second-order valence-electron chi connectivity index (χ2n) is 2.90. The number of hydrogen-bond donors (Lipinski definition) is 1. The van der Waals surface area contributed by atoms with Crippen molar-refractivity contribution in [3.63, 3.8) is 0 Å². The molecule has 0 saturated heterocycles. The van der Waals surface area contributed by atoms with E-state index in [4.69, 9.17) is 4.42 Å². The number of hydrogen-bond acceptors (Lipinski definition) is 3. The van der Waals surface area contributed by atoms with Crippen LogP contribution in [0.25, 0.3) is 6.08 Å². The molecule has 1 aromatic heterocycles. The molecule has 0 bridgehead atoms. The van der Waals surface area contributed by atoms with Crippen molar-refractivity contribution in [1.29, 1.82) is 0 Å². The highest BCUT2D eigenvalue weighted by atomic mass is 32.2. The quantitative estimate of drug-likeness (QED) is 0.723. The van der Waals surface area contributed by atoms with Crippen molar-refractivity contribution in [1.82, 2.24) is 5.32 Å². The lowest BCUT2D eigenvalue weighted by Gasteiger charge is -1.97. The summed E-state index contributed by atoms with van der Waals surface area (Å²) in [7, 11) is -0.706. The fourth-order valence-electron chi connectivity index (χ4n) is 0.962. The van der Waals surface area contributed by atoms with E-state index in [1.165, 1.54) is 0 Å². The third-order valence-corrected chi connectivity index (χ3v) is 2.43. The Balaban J connectivity index is 2.07. The predicted octanol–water partition coefficient (Wildman–Crippen LogP) is 1.26. The molecule has 14 heavy (non-hydrogen) atoms. The van der Waals surface area contributed by atoms with Gasteiger partial charge in [0.1, 0.15) is 5.76 Å². The van der Waals surface area contributed by atoms with Gasteiger partial charge in [0.15, 0.2) is 0 Å². The average Bonchev–Trinajstić information content (AvgIpc) is 2.63. The van der Waals surface area contributed by atoms with E-state index in [-0.39, 0.29) is 0 Å². The Labute approximate surface area is 86.6 Å². The largest absolute Gasteiger partial charge is 0.465 e. The minimum Gasteiger partial charge on any atom is -0.465 e. The van der Waals surface area contributed by atoms with Crippen molar-refractivity contribution in [2.75, 3.05) is 25.1 Å². The predicted molar refractivity (Wildman–Crippen MR) is 59.5 cm³/mol. The Kier molecular flexibility index (Phi) is 5.25. The Morgan fingerprint density at radius 2 is 2.50 bits per heavy atom. The van der Waals surface area contributed by atoms with Crippen LogP contribution in [0.1, 0.15) is 5.76 Å². The second-order valence-corrected chi connectivity index (χ2v) is 4.45. The van der Waals surface area contributed by atoms with Crippen LogP contribution in [0.2, 0.25) is 0 Å². The lowest BCUT2D eigenvalue weighted by molar-refractivity contribution is 0.557. The Morgan fingerprint density at radius 1 is 1.64 bits per heavy atom. The minimum absolute atomic E-state index is 0.703. The molecular weight excluding hydrogens is 198 g/mol. The van der Waals surface area contributed by atoms with Gasteiger partial charge >= 0.3 is 0 Å². The molecule has 3 nitrogen and oxygen atoms in total. The van der Waals surface area contributed by atoms with Crippen molar-refractivity contribution in [2.24, 2.45) is 0 Å². The maximum atomic E-state index is 10.7. The van der Waals surface area contributed by atoms with Gasteiger partial charge in [-0.05, 0) is 18.2 Å². The molecule has 1 N–H and O–H groups in total. The van der Waals surface area contributed by atoms with Crippen molar-refractivity contribution in [2.45, 2.75) is 0 Å². The first kappa shape index (κ1) is 11.2. The van der Waals surface area contributed by atoms with Gasteiger partial charge in [-0.3, -0.25) is 4.21 Å². The summed E-state index contributed by atoms with van der Waals surface area (Å²) >= 11 is 0. The third-order valence-electron chi connectivity index (χ3n) is 1.65. The smallest absolute Gasteiger partial charge is 0.126 e. The number of nitrogens with one attached hydrogen (secondary N) is 1. The highest BCUT2D eigenvalue weighted by molar-refractivity contribution is 7.84. The molecule has 0 aromatic carbocycles. The van der Waals surface area contributed by atoms with E-state index in [0.29, 0.717) is 5.75 Å². The van der Waals surface area contributed by atoms with E-state index < -0.39 is 10.8 Å². The molecule has 1 unspecified atom stereocenters. The van der Waals surface area contributed by atoms with E-state index >= 15 is 0 Å². The van der Waals surface area contributed by atoms with Crippen LogP contribution in [-0.4, -0.2) is 29.3 Å². The van der Waals surface area contributed by atoms with Gasteiger partial charge in [0, 0.05) is 35.9 Å². The van der Waals surface area contributed by atoms with Crippen LogP contribution in [-0.2, 0) is 10.8 Å². The maximum Gasteiger partial charge on any atom is 0.126 e. The molecule has 0 aliphatic heterocycles. The van der Waals surface area contributed by atoms with E-state index in [2.05, 4.69) is 5.32 Å². The first-order valence-electron chi connectivity index (χ1n) is 4.50. The van der Waals surface area contributed by atoms with E-state index in [9.17, 15) is 4.21 Å². The highest BCUT2D eigenvalue weighted by Gasteiger charge is 1.89. The zero-order chi connectivity index (χ0) is 10.2. The van der Waals surface area contributed by atoms with Crippen LogP contribution < -0.4 is 5.32 Å². The summed E-state index contributed by atoms with van der Waals surface area (Å²) in [5.41, 5.74) is 0. The van der Waals surface area contributed by atoms with E-state index in [1.54, 1.807) is 12.5 Å². The van der Waals surface area contributed by atoms with Crippen molar-refractivity contribution in [3.8, 4) is 0 Å². The number of rotatable bonds is 6. The topological polar surface area (TPSA) is 42.2 Å². The summed E-state index contributed by atoms with van der Waals surface area (Å²) in [6, 6.07) is 3.75. The third kappa shape index (κ3) is 4.99. The van der Waals surface area contributed by atoms with Crippen LogP contribution in [0, 0.1) is 0 Å². The van der Waals surface area contributed by atoms with E-state index in [0.717, 1.165) is 18.8 Å². The van der Waals surface area contributed by atoms with Crippen LogP contribution in [0.5, 0.6) is 0 Å². The summed E-state index contributed by atoms with van der Waals surface area (Å²) in [6.07, 6.45) is 7.25. The summed E-state index contributed by atoms with van der Waals surface area (Å²) < 4.78 is 15.8. The highest BCUT2D eigenvalue weighted by Crippen LogP contribution is 2.00. The SMILES string of the molecule is CS(=O)CCNC/C=C/c1ccco1. The van der Waals surface area contributed by atoms with Crippen LogP contribution in [0.3, 0.4) is 0 Å². The second kappa shape index (κ2) is 6.56. The molecule has 0 aliphatic rings. The fourth-order valence-corrected chi connectivity index (χ4v) is 1.39. The molecule has 0 fully saturated rings. The molecule has 1 heterocycles. The molecule has 1 rings (SSSR count). The standard InChI is InChI=1S/C10H15NO2S/c1-14(12)9-7-11-6-2-4-10-5-3-8-13-10/h2-5,8,11H,6-7,9H2,1H3/b4-2+.